The van der Waals surface area contributed by atoms with Crippen molar-refractivity contribution in [2.45, 2.75) is 29.8 Å². The van der Waals surface area contributed by atoms with Crippen molar-refractivity contribution in [2.24, 2.45) is 5.73 Å². The molecule has 1 rings (SSSR count). The van der Waals surface area contributed by atoms with E-state index >= 15 is 0 Å². The van der Waals surface area contributed by atoms with E-state index in [-0.39, 0.29) is 181 Å². The van der Waals surface area contributed by atoms with Gasteiger partial charge in [0.2, 0.25) is 0 Å². The van der Waals surface area contributed by atoms with Crippen LogP contribution < -0.4 is 5.73 Å². The van der Waals surface area contributed by atoms with E-state index in [0.29, 0.717) is 0 Å². The standard InChI is InChI=1S/C7H14N3O4S.4Ac/c8-3-5(13)4(12)2(1-11)14-6(3)15-7(9)10;;;;/h2-6,8,11-13H,1H2,(H3,9,10);;;;/q-1;;;;/t2?,3?,4-,5+,6-;;;;/m0..../s1. The average Bonchev–Trinajstić information content (AvgIpc) is 2.18. The van der Waals surface area contributed by atoms with Crippen LogP contribution in [0.5, 0.6) is 0 Å². The third kappa shape index (κ3) is 10.9. The molecule has 0 aliphatic carbocycles. The van der Waals surface area contributed by atoms with Crippen LogP contribution in [0.3, 0.4) is 0 Å². The Bertz CT molecular complexity index is 254. The SMILES string of the molecule is N=C(N)S[C@@H]1OC(CO)[C@H](O)[C@H](O)C1[NH-].[Ac].[Ac].[Ac].[Ac]. The second kappa shape index (κ2) is 16.8. The molecule has 0 aromatic carbocycles. The van der Waals surface area contributed by atoms with Crippen molar-refractivity contribution in [3.63, 3.8) is 0 Å². The van der Waals surface area contributed by atoms with Gasteiger partial charge in [-0.25, -0.2) is 0 Å². The molecule has 19 heavy (non-hydrogen) atoms. The van der Waals surface area contributed by atoms with Gasteiger partial charge in [0.25, 0.3) is 0 Å². The quantitative estimate of drug-likeness (QED) is 0.168. The van der Waals surface area contributed by atoms with Gasteiger partial charge in [0.05, 0.1) is 18.1 Å². The van der Waals surface area contributed by atoms with E-state index in [9.17, 15) is 10.2 Å². The van der Waals surface area contributed by atoms with Gasteiger partial charge in [-0.05, 0) is 0 Å². The topological polar surface area (TPSA) is 144 Å². The fourth-order valence-electron chi connectivity index (χ4n) is 1.31. The molecule has 1 heterocycles. The summed E-state index contributed by atoms with van der Waals surface area (Å²) in [6.45, 7) is -0.458. The molecule has 4 radical (unpaired) electrons. The summed E-state index contributed by atoms with van der Waals surface area (Å²) in [5.41, 5.74) is 11.8. The summed E-state index contributed by atoms with van der Waals surface area (Å²) in [7, 11) is 0. The molecule has 100 valence electrons. The van der Waals surface area contributed by atoms with Crippen LogP contribution in [-0.4, -0.2) is 56.9 Å². The number of thioether (sulfide) groups is 1. The maximum Gasteiger partial charge on any atom is 0.153 e. The van der Waals surface area contributed by atoms with E-state index in [2.05, 4.69) is 0 Å². The van der Waals surface area contributed by atoms with Crippen LogP contribution in [0.25, 0.3) is 5.73 Å². The minimum atomic E-state index is -1.31. The average molecular weight is 1140 g/mol. The predicted molar refractivity (Wildman–Crippen MR) is 55.4 cm³/mol. The van der Waals surface area contributed by atoms with Crippen molar-refractivity contribution >= 4 is 16.9 Å². The van der Waals surface area contributed by atoms with Crippen LogP contribution in [-0.2, 0) is 4.74 Å². The summed E-state index contributed by atoms with van der Waals surface area (Å²) >= 11 is 0.778. The summed E-state index contributed by atoms with van der Waals surface area (Å²) in [4.78, 5) is 0. The van der Waals surface area contributed by atoms with Crippen LogP contribution >= 0.6 is 11.8 Å². The maximum atomic E-state index is 9.48. The first-order valence-electron chi connectivity index (χ1n) is 4.31. The Morgan fingerprint density at radius 2 is 1.68 bits per heavy atom. The summed E-state index contributed by atoms with van der Waals surface area (Å²) in [5, 5.41) is 34.5. The van der Waals surface area contributed by atoms with E-state index < -0.39 is 36.4 Å². The number of rotatable bonds is 2. The molecule has 0 amide bonds. The number of hydrogen-bond donors (Lipinski definition) is 5. The van der Waals surface area contributed by atoms with Crippen LogP contribution in [0, 0.1) is 182 Å². The van der Waals surface area contributed by atoms with Gasteiger partial charge in [0.15, 0.2) is 5.17 Å². The Balaban J connectivity index is -0.000000281. The van der Waals surface area contributed by atoms with Gasteiger partial charge in [-0.15, -0.1) is 0 Å². The molecule has 7 N–H and O–H groups in total. The molecule has 1 saturated heterocycles. The number of ether oxygens (including phenoxy) is 1. The Kier molecular flexibility index (Phi) is 28.4. The largest absolute Gasteiger partial charge is 0.670 e. The smallest absolute Gasteiger partial charge is 0.153 e. The van der Waals surface area contributed by atoms with E-state index in [1.807, 2.05) is 0 Å². The fourth-order valence-corrected chi connectivity index (χ4v) is 2.06. The molecule has 0 aromatic rings. The molecule has 2 unspecified atom stereocenters. The first-order valence-corrected chi connectivity index (χ1v) is 5.19. The molecule has 0 spiro atoms. The normalized spacial score (nSPS) is 32.7. The van der Waals surface area contributed by atoms with Crippen molar-refractivity contribution in [1.29, 1.82) is 5.41 Å². The minimum Gasteiger partial charge on any atom is -0.670 e. The van der Waals surface area contributed by atoms with Gasteiger partial charge < -0.3 is 31.5 Å². The van der Waals surface area contributed by atoms with Crippen molar-refractivity contribution in [1.82, 2.24) is 0 Å². The second-order valence-corrected chi connectivity index (χ2v) is 4.35. The van der Waals surface area contributed by atoms with Gasteiger partial charge in [0, 0.05) is 176 Å². The monoisotopic (exact) mass is 1140 g/mol. The van der Waals surface area contributed by atoms with Gasteiger partial charge in [-0.1, -0.05) is 17.8 Å². The molecule has 5 atom stereocenters. The predicted octanol–water partition coefficient (Wildman–Crippen LogP) is -1.53. The van der Waals surface area contributed by atoms with Gasteiger partial charge in [0.1, 0.15) is 12.2 Å². The molecule has 12 heteroatoms. The molecule has 1 aliphatic heterocycles. The van der Waals surface area contributed by atoms with Gasteiger partial charge in [-0.2, -0.15) is 0 Å². The number of aliphatic hydroxyl groups excluding tert-OH is 3. The number of nitrogens with one attached hydrogen (secondary N) is 2. The van der Waals surface area contributed by atoms with E-state index in [1.165, 1.54) is 0 Å². The summed E-state index contributed by atoms with van der Waals surface area (Å²) in [6, 6.07) is -1.10. The van der Waals surface area contributed by atoms with E-state index in [1.54, 1.807) is 0 Å². The summed E-state index contributed by atoms with van der Waals surface area (Å²) in [6.07, 6.45) is -3.55. The third-order valence-corrected chi connectivity index (χ3v) is 3.01. The number of amidine groups is 1. The first kappa shape index (κ1) is 32.1. The maximum absolute atomic E-state index is 9.48. The van der Waals surface area contributed by atoms with E-state index in [0.717, 1.165) is 11.8 Å². The molecular weight excluding hydrogens is 1130 g/mol. The van der Waals surface area contributed by atoms with Crippen LogP contribution in [0.2, 0.25) is 0 Å². The van der Waals surface area contributed by atoms with Crippen LogP contribution in [0.4, 0.5) is 0 Å². The number of hydrogen-bond acceptors (Lipinski definition) is 6. The first-order chi connectivity index (χ1) is 6.97. The minimum absolute atomic E-state index is 0. The Morgan fingerprint density at radius 3 is 2.05 bits per heavy atom. The Hall–Kier alpha value is 5.39. The molecule has 1 aliphatic rings. The molecule has 0 aromatic heterocycles. The zero-order chi connectivity index (χ0) is 11.6. The summed E-state index contributed by atoms with van der Waals surface area (Å²) in [5.74, 6) is 0. The van der Waals surface area contributed by atoms with Gasteiger partial charge >= 0.3 is 0 Å². The Morgan fingerprint density at radius 1 is 1.21 bits per heavy atom. The second-order valence-electron chi connectivity index (χ2n) is 3.21. The summed E-state index contributed by atoms with van der Waals surface area (Å²) < 4.78 is 5.14. The zero-order valence-corrected chi connectivity index (χ0v) is 29.9. The van der Waals surface area contributed by atoms with E-state index in [4.69, 9.17) is 26.7 Å². The van der Waals surface area contributed by atoms with Crippen molar-refractivity contribution in [3.8, 4) is 0 Å². The number of nitrogens with two attached hydrogens (primary N) is 1. The molecule has 7 nitrogen and oxygen atoms in total. The third-order valence-electron chi connectivity index (χ3n) is 2.12. The molecule has 1 fully saturated rings. The van der Waals surface area contributed by atoms with Crippen LogP contribution in [0.15, 0.2) is 0 Å². The molecule has 0 bridgehead atoms. The Labute approximate surface area is 259 Å². The molecule has 0 saturated carbocycles. The zero-order valence-electron chi connectivity index (χ0n) is 10.1. The van der Waals surface area contributed by atoms with Gasteiger partial charge in [-0.3, -0.25) is 5.41 Å². The molecular formula is C7H14Ac4N3O4S-. The van der Waals surface area contributed by atoms with Crippen molar-refractivity contribution in [2.75, 3.05) is 6.61 Å². The number of aliphatic hydroxyl groups is 3. The van der Waals surface area contributed by atoms with Crippen molar-refractivity contribution in [3.05, 3.63) is 5.73 Å². The van der Waals surface area contributed by atoms with Crippen LogP contribution in [0.1, 0.15) is 0 Å². The fraction of sp³-hybridized carbons (Fsp3) is 0.857. The van der Waals surface area contributed by atoms with Crippen molar-refractivity contribution < 1.29 is 196 Å².